The van der Waals surface area contributed by atoms with Gasteiger partial charge >= 0.3 is 0 Å². The quantitative estimate of drug-likeness (QED) is 0.783. The molecule has 0 saturated heterocycles. The van der Waals surface area contributed by atoms with Gasteiger partial charge in [-0.25, -0.2) is 4.98 Å². The van der Waals surface area contributed by atoms with E-state index in [1.165, 1.54) is 0 Å². The lowest BCUT2D eigenvalue weighted by Crippen LogP contribution is -2.35. The van der Waals surface area contributed by atoms with E-state index in [1.807, 2.05) is 30.8 Å². The summed E-state index contributed by atoms with van der Waals surface area (Å²) in [5.74, 6) is 0.589. The van der Waals surface area contributed by atoms with Gasteiger partial charge in [0.2, 0.25) is 0 Å². The first-order valence-corrected chi connectivity index (χ1v) is 8.34. The van der Waals surface area contributed by atoms with Crippen molar-refractivity contribution in [2.75, 3.05) is 6.54 Å². The van der Waals surface area contributed by atoms with Crippen molar-refractivity contribution >= 4 is 0 Å². The third kappa shape index (κ3) is 3.10. The zero-order valence-corrected chi connectivity index (χ0v) is 14.4. The number of rotatable bonds is 3. The highest BCUT2D eigenvalue weighted by Crippen LogP contribution is 2.19. The monoisotopic (exact) mass is 336 g/mol. The molecule has 0 amide bonds. The summed E-state index contributed by atoms with van der Waals surface area (Å²) >= 11 is 0. The van der Waals surface area contributed by atoms with Gasteiger partial charge in [-0.2, -0.15) is 5.10 Å². The molecule has 0 bridgehead atoms. The Labute approximate surface area is 145 Å². The molecule has 1 aliphatic rings. The van der Waals surface area contributed by atoms with Crippen LogP contribution < -0.4 is 5.56 Å². The average molecular weight is 336 g/mol. The summed E-state index contributed by atoms with van der Waals surface area (Å²) in [6, 6.07) is 5.82. The van der Waals surface area contributed by atoms with Gasteiger partial charge in [-0.1, -0.05) is 0 Å². The molecule has 0 atom stereocenters. The number of fused-ring (bicyclic) bond motifs is 1. The minimum Gasteiger partial charge on any atom is -0.306 e. The van der Waals surface area contributed by atoms with E-state index >= 15 is 0 Å². The SMILES string of the molecule is Cc1cc(CN2CCc3nc(-c4cccnc4)[nH]c(=O)c3C2)nn1C. The predicted molar refractivity (Wildman–Crippen MR) is 93.9 cm³/mol. The van der Waals surface area contributed by atoms with E-state index < -0.39 is 0 Å². The van der Waals surface area contributed by atoms with Gasteiger partial charge < -0.3 is 4.98 Å². The second kappa shape index (κ2) is 6.25. The van der Waals surface area contributed by atoms with Crippen LogP contribution in [-0.4, -0.2) is 36.2 Å². The maximum absolute atomic E-state index is 12.6. The number of pyridine rings is 1. The molecule has 0 aliphatic carbocycles. The molecular formula is C18H20N6O. The number of aromatic nitrogens is 5. The summed E-state index contributed by atoms with van der Waals surface area (Å²) in [5, 5.41) is 4.50. The van der Waals surface area contributed by atoms with Crippen molar-refractivity contribution in [1.82, 2.24) is 29.6 Å². The topological polar surface area (TPSA) is 79.7 Å². The van der Waals surface area contributed by atoms with Crippen LogP contribution in [0.3, 0.4) is 0 Å². The van der Waals surface area contributed by atoms with Crippen LogP contribution in [0.25, 0.3) is 11.4 Å². The third-order valence-corrected chi connectivity index (χ3v) is 4.63. The summed E-state index contributed by atoms with van der Waals surface area (Å²) in [4.78, 5) is 26.4. The average Bonchev–Trinajstić information content (AvgIpc) is 2.93. The first-order chi connectivity index (χ1) is 12.1. The number of aryl methyl sites for hydroxylation is 2. The Morgan fingerprint density at radius 2 is 2.24 bits per heavy atom. The summed E-state index contributed by atoms with van der Waals surface area (Å²) in [5.41, 5.74) is 4.56. The van der Waals surface area contributed by atoms with Crippen molar-refractivity contribution in [3.8, 4) is 11.4 Å². The van der Waals surface area contributed by atoms with Crippen LogP contribution in [-0.2, 0) is 26.6 Å². The normalized spacial score (nSPS) is 14.5. The van der Waals surface area contributed by atoms with E-state index in [1.54, 1.807) is 12.4 Å². The Bertz CT molecular complexity index is 940. The van der Waals surface area contributed by atoms with Gasteiger partial charge in [-0.05, 0) is 25.1 Å². The summed E-state index contributed by atoms with van der Waals surface area (Å²) in [6.45, 7) is 4.24. The molecule has 0 aromatic carbocycles. The van der Waals surface area contributed by atoms with Gasteiger partial charge in [0.1, 0.15) is 5.82 Å². The molecule has 3 aromatic rings. The zero-order chi connectivity index (χ0) is 17.4. The molecule has 4 rings (SSSR count). The van der Waals surface area contributed by atoms with Crippen molar-refractivity contribution in [1.29, 1.82) is 0 Å². The predicted octanol–water partition coefficient (Wildman–Crippen LogP) is 1.43. The molecular weight excluding hydrogens is 316 g/mol. The molecule has 4 heterocycles. The summed E-state index contributed by atoms with van der Waals surface area (Å²) < 4.78 is 1.88. The molecule has 0 spiro atoms. The van der Waals surface area contributed by atoms with Crippen molar-refractivity contribution in [3.63, 3.8) is 0 Å². The highest BCUT2D eigenvalue weighted by molar-refractivity contribution is 5.53. The van der Waals surface area contributed by atoms with Crippen LogP contribution in [0.2, 0.25) is 0 Å². The molecule has 7 nitrogen and oxygen atoms in total. The number of H-pyrrole nitrogens is 1. The zero-order valence-electron chi connectivity index (χ0n) is 14.4. The number of hydrogen-bond donors (Lipinski definition) is 1. The van der Waals surface area contributed by atoms with Gasteiger partial charge in [0.15, 0.2) is 0 Å². The molecule has 0 unspecified atom stereocenters. The van der Waals surface area contributed by atoms with E-state index in [0.717, 1.165) is 47.7 Å². The lowest BCUT2D eigenvalue weighted by molar-refractivity contribution is 0.238. The minimum absolute atomic E-state index is 0.0641. The lowest BCUT2D eigenvalue weighted by atomic mass is 10.1. The molecule has 3 aromatic heterocycles. The molecule has 0 saturated carbocycles. The number of nitrogens with zero attached hydrogens (tertiary/aromatic N) is 5. The van der Waals surface area contributed by atoms with Gasteiger partial charge in [0, 0.05) is 56.8 Å². The molecule has 0 radical (unpaired) electrons. The Hall–Kier alpha value is -2.80. The van der Waals surface area contributed by atoms with E-state index in [2.05, 4.69) is 31.0 Å². The maximum Gasteiger partial charge on any atom is 0.255 e. The molecule has 128 valence electrons. The summed E-state index contributed by atoms with van der Waals surface area (Å²) in [6.07, 6.45) is 4.18. The van der Waals surface area contributed by atoms with Crippen molar-refractivity contribution < 1.29 is 0 Å². The Morgan fingerprint density at radius 3 is 2.96 bits per heavy atom. The van der Waals surface area contributed by atoms with Crippen LogP contribution in [0.1, 0.15) is 22.6 Å². The third-order valence-electron chi connectivity index (χ3n) is 4.63. The van der Waals surface area contributed by atoms with Crippen LogP contribution in [0, 0.1) is 6.92 Å². The Kier molecular flexibility index (Phi) is 3.93. The van der Waals surface area contributed by atoms with E-state index in [0.29, 0.717) is 12.4 Å². The summed E-state index contributed by atoms with van der Waals surface area (Å²) in [7, 11) is 1.94. The van der Waals surface area contributed by atoms with Gasteiger partial charge in [-0.15, -0.1) is 0 Å². The fourth-order valence-electron chi connectivity index (χ4n) is 3.20. The fourth-order valence-corrected chi connectivity index (χ4v) is 3.20. The van der Waals surface area contributed by atoms with Gasteiger partial charge in [0.25, 0.3) is 5.56 Å². The molecule has 1 aliphatic heterocycles. The van der Waals surface area contributed by atoms with E-state index in [4.69, 9.17) is 0 Å². The molecule has 0 fully saturated rings. The number of hydrogen-bond acceptors (Lipinski definition) is 5. The Balaban J connectivity index is 1.58. The van der Waals surface area contributed by atoms with Crippen LogP contribution in [0.15, 0.2) is 35.4 Å². The van der Waals surface area contributed by atoms with Crippen LogP contribution in [0.5, 0.6) is 0 Å². The number of nitrogens with one attached hydrogen (secondary N) is 1. The van der Waals surface area contributed by atoms with Crippen molar-refractivity contribution in [2.24, 2.45) is 7.05 Å². The van der Waals surface area contributed by atoms with Gasteiger partial charge in [0.05, 0.1) is 17.0 Å². The first kappa shape index (κ1) is 15.7. The van der Waals surface area contributed by atoms with Crippen molar-refractivity contribution in [2.45, 2.75) is 26.4 Å². The van der Waals surface area contributed by atoms with E-state index in [9.17, 15) is 4.79 Å². The lowest BCUT2D eigenvalue weighted by Gasteiger charge is -2.26. The smallest absolute Gasteiger partial charge is 0.255 e. The molecule has 25 heavy (non-hydrogen) atoms. The Morgan fingerprint density at radius 1 is 1.36 bits per heavy atom. The minimum atomic E-state index is -0.0641. The van der Waals surface area contributed by atoms with Crippen molar-refractivity contribution in [3.05, 3.63) is 63.6 Å². The second-order valence-electron chi connectivity index (χ2n) is 6.44. The highest BCUT2D eigenvalue weighted by Gasteiger charge is 2.22. The second-order valence-corrected chi connectivity index (χ2v) is 6.44. The molecule has 7 heteroatoms. The standard InChI is InChI=1S/C18H20N6O/c1-12-8-14(22-23(12)2)10-24-7-5-16-15(11-24)18(25)21-17(20-16)13-4-3-6-19-9-13/h3-4,6,8-9H,5,7,10-11H2,1-2H3,(H,20,21,25). The highest BCUT2D eigenvalue weighted by atomic mass is 16.1. The maximum atomic E-state index is 12.6. The number of aromatic amines is 1. The molecule has 1 N–H and O–H groups in total. The van der Waals surface area contributed by atoms with E-state index in [-0.39, 0.29) is 5.56 Å². The fraction of sp³-hybridized carbons (Fsp3) is 0.333. The van der Waals surface area contributed by atoms with Crippen LogP contribution >= 0.6 is 0 Å². The van der Waals surface area contributed by atoms with Crippen LogP contribution in [0.4, 0.5) is 0 Å². The first-order valence-electron chi connectivity index (χ1n) is 8.34. The van der Waals surface area contributed by atoms with Gasteiger partial charge in [-0.3, -0.25) is 19.4 Å². The largest absolute Gasteiger partial charge is 0.306 e.